The van der Waals surface area contributed by atoms with E-state index in [0.29, 0.717) is 0 Å². The van der Waals surface area contributed by atoms with Crippen LogP contribution in [0, 0.1) is 5.82 Å². The molecule has 0 saturated carbocycles. The third kappa shape index (κ3) is 3.70. The maximum absolute atomic E-state index is 13.6. The van der Waals surface area contributed by atoms with E-state index in [1.165, 1.54) is 30.3 Å². The number of aromatic nitrogens is 4. The summed E-state index contributed by atoms with van der Waals surface area (Å²) in [6, 6.07) is 9.87. The summed E-state index contributed by atoms with van der Waals surface area (Å²) in [5.41, 5.74) is -0.858. The number of carbonyl (C=O) groups is 1. The van der Waals surface area contributed by atoms with Gasteiger partial charge in [0.05, 0.1) is 11.1 Å². The summed E-state index contributed by atoms with van der Waals surface area (Å²) in [5, 5.41) is 11.2. The van der Waals surface area contributed by atoms with E-state index in [4.69, 9.17) is 0 Å². The van der Waals surface area contributed by atoms with E-state index in [-0.39, 0.29) is 23.5 Å². The number of rotatable bonds is 4. The number of alkyl halides is 3. The van der Waals surface area contributed by atoms with E-state index in [9.17, 15) is 22.4 Å². The SMILES string of the molecule is O=C(Cn1nnc(-c2cccc(C(F)(F)F)c2)n1)c1ccccc1F. The lowest BCUT2D eigenvalue weighted by Gasteiger charge is -2.06. The molecule has 0 unspecified atom stereocenters. The van der Waals surface area contributed by atoms with Crippen molar-refractivity contribution in [2.75, 3.05) is 0 Å². The first-order valence-corrected chi connectivity index (χ1v) is 7.08. The van der Waals surface area contributed by atoms with Crippen molar-refractivity contribution in [1.82, 2.24) is 20.2 Å². The number of carbonyl (C=O) groups excluding carboxylic acids is 1. The molecule has 25 heavy (non-hydrogen) atoms. The fraction of sp³-hybridized carbons (Fsp3) is 0.125. The number of tetrazole rings is 1. The summed E-state index contributed by atoms with van der Waals surface area (Å²) in [6.07, 6.45) is -4.49. The molecule has 5 nitrogen and oxygen atoms in total. The Morgan fingerprint density at radius 2 is 1.84 bits per heavy atom. The van der Waals surface area contributed by atoms with Crippen molar-refractivity contribution >= 4 is 5.78 Å². The van der Waals surface area contributed by atoms with Gasteiger partial charge < -0.3 is 0 Å². The lowest BCUT2D eigenvalue weighted by atomic mass is 10.1. The van der Waals surface area contributed by atoms with E-state index in [1.807, 2.05) is 0 Å². The van der Waals surface area contributed by atoms with Gasteiger partial charge in [-0.15, -0.1) is 10.2 Å². The van der Waals surface area contributed by atoms with Gasteiger partial charge in [-0.1, -0.05) is 24.3 Å². The third-order valence-corrected chi connectivity index (χ3v) is 3.36. The van der Waals surface area contributed by atoms with Gasteiger partial charge in [0, 0.05) is 5.56 Å². The molecule has 1 heterocycles. The molecule has 128 valence electrons. The summed E-state index contributed by atoms with van der Waals surface area (Å²) in [5.74, 6) is -1.32. The summed E-state index contributed by atoms with van der Waals surface area (Å²) >= 11 is 0. The zero-order chi connectivity index (χ0) is 18.0. The molecule has 0 fully saturated rings. The standard InChI is InChI=1S/C16H10F4N4O/c17-13-7-2-1-6-12(13)14(25)9-24-22-15(21-23-24)10-4-3-5-11(8-10)16(18,19)20/h1-8H,9H2. The first kappa shape index (κ1) is 16.7. The van der Waals surface area contributed by atoms with Crippen molar-refractivity contribution in [1.29, 1.82) is 0 Å². The molecule has 0 aliphatic heterocycles. The fourth-order valence-corrected chi connectivity index (χ4v) is 2.16. The lowest BCUT2D eigenvalue weighted by molar-refractivity contribution is -0.137. The molecule has 0 spiro atoms. The Morgan fingerprint density at radius 1 is 1.08 bits per heavy atom. The zero-order valence-corrected chi connectivity index (χ0v) is 12.5. The second-order valence-corrected chi connectivity index (χ2v) is 5.13. The third-order valence-electron chi connectivity index (χ3n) is 3.36. The minimum atomic E-state index is -4.49. The Morgan fingerprint density at radius 3 is 2.56 bits per heavy atom. The highest BCUT2D eigenvalue weighted by Gasteiger charge is 2.30. The van der Waals surface area contributed by atoms with Gasteiger partial charge in [0.1, 0.15) is 12.4 Å². The molecule has 9 heteroatoms. The Balaban J connectivity index is 1.82. The summed E-state index contributed by atoms with van der Waals surface area (Å²) in [7, 11) is 0. The Labute approximate surface area is 138 Å². The van der Waals surface area contributed by atoms with E-state index < -0.39 is 23.3 Å². The highest BCUT2D eigenvalue weighted by atomic mass is 19.4. The molecule has 0 bridgehead atoms. The first-order valence-electron chi connectivity index (χ1n) is 7.08. The minimum absolute atomic E-state index is 0.0626. The fourth-order valence-electron chi connectivity index (χ4n) is 2.16. The lowest BCUT2D eigenvalue weighted by Crippen LogP contribution is -2.14. The van der Waals surface area contributed by atoms with Crippen LogP contribution in [-0.2, 0) is 12.7 Å². The topological polar surface area (TPSA) is 60.7 Å². The van der Waals surface area contributed by atoms with Gasteiger partial charge in [0.25, 0.3) is 0 Å². The van der Waals surface area contributed by atoms with Crippen LogP contribution < -0.4 is 0 Å². The van der Waals surface area contributed by atoms with Gasteiger partial charge >= 0.3 is 6.18 Å². The molecule has 0 N–H and O–H groups in total. The quantitative estimate of drug-likeness (QED) is 0.535. The van der Waals surface area contributed by atoms with Gasteiger partial charge in [0.15, 0.2) is 5.78 Å². The van der Waals surface area contributed by atoms with Crippen LogP contribution in [0.15, 0.2) is 48.5 Å². The Bertz CT molecular complexity index is 920. The van der Waals surface area contributed by atoms with Gasteiger partial charge in [-0.05, 0) is 29.5 Å². The van der Waals surface area contributed by atoms with Crippen LogP contribution in [0.3, 0.4) is 0 Å². The average Bonchev–Trinajstić information content (AvgIpc) is 3.03. The molecule has 2 aromatic carbocycles. The number of benzene rings is 2. The second kappa shape index (κ2) is 6.42. The predicted octanol–water partition coefficient (Wildman–Crippen LogP) is 3.38. The van der Waals surface area contributed by atoms with Crippen LogP contribution in [0.5, 0.6) is 0 Å². The number of Topliss-reactive ketones (excluding diaryl/α,β-unsaturated/α-hetero) is 1. The second-order valence-electron chi connectivity index (χ2n) is 5.13. The van der Waals surface area contributed by atoms with Crippen LogP contribution in [0.2, 0.25) is 0 Å². The maximum Gasteiger partial charge on any atom is 0.416 e. The van der Waals surface area contributed by atoms with Crippen molar-refractivity contribution in [3.05, 3.63) is 65.5 Å². The zero-order valence-electron chi connectivity index (χ0n) is 12.5. The Kier molecular flexibility index (Phi) is 4.30. The molecule has 3 rings (SSSR count). The number of hydrogen-bond donors (Lipinski definition) is 0. The molecular formula is C16H10F4N4O. The van der Waals surface area contributed by atoms with E-state index >= 15 is 0 Å². The molecule has 0 aliphatic rings. The molecule has 0 amide bonds. The van der Waals surface area contributed by atoms with E-state index in [2.05, 4.69) is 15.4 Å². The summed E-state index contributed by atoms with van der Waals surface area (Å²) in [6.45, 7) is -0.382. The van der Waals surface area contributed by atoms with Crippen molar-refractivity contribution in [2.45, 2.75) is 12.7 Å². The highest BCUT2D eigenvalue weighted by molar-refractivity contribution is 5.96. The summed E-state index contributed by atoms with van der Waals surface area (Å²) in [4.78, 5) is 13.0. The molecule has 1 aromatic heterocycles. The molecule has 0 atom stereocenters. The first-order chi connectivity index (χ1) is 11.8. The van der Waals surface area contributed by atoms with Gasteiger partial charge in [-0.25, -0.2) is 4.39 Å². The van der Waals surface area contributed by atoms with E-state index in [1.54, 1.807) is 0 Å². The molecule has 3 aromatic rings. The normalized spacial score (nSPS) is 11.5. The number of halogens is 4. The highest BCUT2D eigenvalue weighted by Crippen LogP contribution is 2.31. The predicted molar refractivity (Wildman–Crippen MR) is 79.0 cm³/mol. The number of nitrogens with zero attached hydrogens (tertiary/aromatic N) is 4. The molecule has 0 aliphatic carbocycles. The van der Waals surface area contributed by atoms with Crippen molar-refractivity contribution in [2.24, 2.45) is 0 Å². The van der Waals surface area contributed by atoms with Crippen molar-refractivity contribution in [3.63, 3.8) is 0 Å². The summed E-state index contributed by atoms with van der Waals surface area (Å²) < 4.78 is 51.8. The van der Waals surface area contributed by atoms with Gasteiger partial charge in [-0.2, -0.15) is 18.0 Å². The minimum Gasteiger partial charge on any atom is -0.292 e. The molecule has 0 saturated heterocycles. The smallest absolute Gasteiger partial charge is 0.292 e. The monoisotopic (exact) mass is 350 g/mol. The van der Waals surface area contributed by atoms with Crippen LogP contribution in [0.25, 0.3) is 11.4 Å². The van der Waals surface area contributed by atoms with Crippen LogP contribution in [0.1, 0.15) is 15.9 Å². The van der Waals surface area contributed by atoms with Gasteiger partial charge in [0.2, 0.25) is 5.82 Å². The Hall–Kier alpha value is -3.10. The maximum atomic E-state index is 13.6. The van der Waals surface area contributed by atoms with Crippen LogP contribution >= 0.6 is 0 Å². The number of ketones is 1. The average molecular weight is 350 g/mol. The largest absolute Gasteiger partial charge is 0.416 e. The molecule has 0 radical (unpaired) electrons. The van der Waals surface area contributed by atoms with Crippen LogP contribution in [-0.4, -0.2) is 26.0 Å². The number of hydrogen-bond acceptors (Lipinski definition) is 4. The van der Waals surface area contributed by atoms with Crippen molar-refractivity contribution < 1.29 is 22.4 Å². The molecular weight excluding hydrogens is 340 g/mol. The van der Waals surface area contributed by atoms with Crippen LogP contribution in [0.4, 0.5) is 17.6 Å². The van der Waals surface area contributed by atoms with Crippen molar-refractivity contribution in [3.8, 4) is 11.4 Å². The van der Waals surface area contributed by atoms with E-state index in [0.717, 1.165) is 23.0 Å². The van der Waals surface area contributed by atoms with Gasteiger partial charge in [-0.3, -0.25) is 4.79 Å².